The maximum absolute atomic E-state index is 12.9. The normalized spacial score (nSPS) is 24.2. The molecule has 1 saturated carbocycles. The first-order valence-electron chi connectivity index (χ1n) is 22.2. The molecule has 338 valence electrons. The van der Waals surface area contributed by atoms with Crippen LogP contribution in [0.2, 0.25) is 0 Å². The molecule has 0 radical (unpaired) electrons. The summed E-state index contributed by atoms with van der Waals surface area (Å²) >= 11 is 0. The molecular weight excluding hydrogens is 765 g/mol. The van der Waals surface area contributed by atoms with Crippen molar-refractivity contribution in [3.63, 3.8) is 0 Å². The van der Waals surface area contributed by atoms with Crippen LogP contribution in [0, 0.1) is 0 Å². The summed E-state index contributed by atoms with van der Waals surface area (Å²) in [5, 5.41) is 74.2. The number of unbranched alkanes of at least 4 members (excludes halogenated alkanes) is 16. The number of aliphatic hydroxyl groups is 7. The number of hydrogen-bond donors (Lipinski definition) is 9. The van der Waals surface area contributed by atoms with Crippen LogP contribution < -0.4 is 5.32 Å². The molecule has 1 aliphatic rings. The van der Waals surface area contributed by atoms with E-state index in [0.29, 0.717) is 19.3 Å². The van der Waals surface area contributed by atoms with Gasteiger partial charge in [0.25, 0.3) is 0 Å². The topological polar surface area (TPSA) is 226 Å². The van der Waals surface area contributed by atoms with Crippen molar-refractivity contribution < 1.29 is 59.0 Å². The predicted octanol–water partition coefficient (Wildman–Crippen LogP) is 6.75. The van der Waals surface area contributed by atoms with Crippen LogP contribution in [0.25, 0.3) is 0 Å². The van der Waals surface area contributed by atoms with Crippen LogP contribution in [0.5, 0.6) is 0 Å². The van der Waals surface area contributed by atoms with Gasteiger partial charge in [-0.25, -0.2) is 4.57 Å². The number of nitrogens with one attached hydrogen (secondary N) is 1. The van der Waals surface area contributed by atoms with Gasteiger partial charge in [0.1, 0.15) is 36.6 Å². The van der Waals surface area contributed by atoms with Gasteiger partial charge >= 0.3 is 7.82 Å². The van der Waals surface area contributed by atoms with Crippen LogP contribution in [0.15, 0.2) is 48.6 Å². The largest absolute Gasteiger partial charge is 0.472 e. The smallest absolute Gasteiger partial charge is 0.393 e. The summed E-state index contributed by atoms with van der Waals surface area (Å²) in [5.74, 6) is -0.621. The summed E-state index contributed by atoms with van der Waals surface area (Å²) in [4.78, 5) is 23.3. The van der Waals surface area contributed by atoms with Gasteiger partial charge in [-0.15, -0.1) is 0 Å². The quantitative estimate of drug-likeness (QED) is 0.0184. The third kappa shape index (κ3) is 25.8. The zero-order valence-corrected chi connectivity index (χ0v) is 36.3. The van der Waals surface area contributed by atoms with Crippen LogP contribution in [0.4, 0.5) is 0 Å². The molecule has 1 fully saturated rings. The van der Waals surface area contributed by atoms with Crippen LogP contribution in [0.3, 0.4) is 0 Å². The lowest BCUT2D eigenvalue weighted by molar-refractivity contribution is -0.220. The highest BCUT2D eigenvalue weighted by atomic mass is 31.2. The maximum atomic E-state index is 12.9. The van der Waals surface area contributed by atoms with Crippen LogP contribution >= 0.6 is 7.82 Å². The maximum Gasteiger partial charge on any atom is 0.472 e. The van der Waals surface area contributed by atoms with E-state index in [2.05, 4.69) is 55.6 Å². The lowest BCUT2D eigenvalue weighted by Crippen LogP contribution is -2.64. The van der Waals surface area contributed by atoms with Crippen LogP contribution in [0.1, 0.15) is 162 Å². The van der Waals surface area contributed by atoms with Crippen molar-refractivity contribution in [1.82, 2.24) is 5.32 Å². The summed E-state index contributed by atoms with van der Waals surface area (Å²) < 4.78 is 22.8. The van der Waals surface area contributed by atoms with Gasteiger partial charge in [-0.1, -0.05) is 140 Å². The van der Waals surface area contributed by atoms with Crippen LogP contribution in [-0.4, -0.2) is 108 Å². The summed E-state index contributed by atoms with van der Waals surface area (Å²) in [6.45, 7) is 3.64. The highest BCUT2D eigenvalue weighted by Gasteiger charge is 2.51. The second-order valence-corrected chi connectivity index (χ2v) is 17.1. The van der Waals surface area contributed by atoms with E-state index in [1.807, 2.05) is 0 Å². The van der Waals surface area contributed by atoms with Gasteiger partial charge in [0.2, 0.25) is 5.91 Å². The molecule has 1 rings (SSSR count). The Morgan fingerprint density at radius 1 is 0.603 bits per heavy atom. The molecule has 0 spiro atoms. The summed E-state index contributed by atoms with van der Waals surface area (Å²) in [5.41, 5.74) is 0. The van der Waals surface area contributed by atoms with E-state index in [1.165, 1.54) is 70.3 Å². The molecule has 0 heterocycles. The third-order valence-corrected chi connectivity index (χ3v) is 11.3. The van der Waals surface area contributed by atoms with Crippen molar-refractivity contribution in [3.05, 3.63) is 48.6 Å². The fourth-order valence-electron chi connectivity index (χ4n) is 6.66. The predicted molar refractivity (Wildman–Crippen MR) is 229 cm³/mol. The van der Waals surface area contributed by atoms with Gasteiger partial charge in [0, 0.05) is 0 Å². The Morgan fingerprint density at radius 2 is 1.03 bits per heavy atom. The minimum absolute atomic E-state index is 0.269. The molecule has 58 heavy (non-hydrogen) atoms. The molecule has 0 aromatic heterocycles. The number of amides is 1. The highest BCUT2D eigenvalue weighted by Crippen LogP contribution is 2.47. The Hall–Kier alpha value is -1.74. The van der Waals surface area contributed by atoms with E-state index in [4.69, 9.17) is 9.05 Å². The molecule has 0 bridgehead atoms. The third-order valence-electron chi connectivity index (χ3n) is 10.4. The second kappa shape index (κ2) is 33.9. The molecule has 8 atom stereocenters. The van der Waals surface area contributed by atoms with E-state index < -0.39 is 75.2 Å². The molecular formula is C44H80NO12P. The lowest BCUT2D eigenvalue weighted by Gasteiger charge is -2.41. The minimum atomic E-state index is -5.15. The molecule has 0 aromatic carbocycles. The van der Waals surface area contributed by atoms with Crippen molar-refractivity contribution >= 4 is 13.7 Å². The molecule has 0 saturated heterocycles. The molecule has 14 heteroatoms. The minimum Gasteiger partial charge on any atom is -0.393 e. The number of phosphoric acid groups is 1. The number of phosphoric ester groups is 1. The number of carbonyl (C=O) groups is 1. The second-order valence-electron chi connectivity index (χ2n) is 15.7. The molecule has 9 N–H and O–H groups in total. The van der Waals surface area contributed by atoms with Crippen LogP contribution in [-0.2, 0) is 18.4 Å². The van der Waals surface area contributed by atoms with Gasteiger partial charge in [-0.2, -0.15) is 0 Å². The van der Waals surface area contributed by atoms with E-state index in [9.17, 15) is 50.0 Å². The monoisotopic (exact) mass is 846 g/mol. The molecule has 13 nitrogen and oxygen atoms in total. The Kier molecular flexibility index (Phi) is 31.7. The first-order valence-corrected chi connectivity index (χ1v) is 23.7. The first-order chi connectivity index (χ1) is 27.8. The Morgan fingerprint density at radius 3 is 1.57 bits per heavy atom. The number of hydrogen-bond acceptors (Lipinski definition) is 11. The van der Waals surface area contributed by atoms with Gasteiger partial charge < -0.3 is 46.0 Å². The zero-order chi connectivity index (χ0) is 43.0. The SMILES string of the molecule is CCCC/C=C\CCCCCC(O)CC(=O)NC(COP(=O)(O)OC1C(O)C(O)C(O)C(O)C1O)C(O)/C=C/CC/C=C/CC/C=C/CCCCCCCCCCC. The van der Waals surface area contributed by atoms with Crippen molar-refractivity contribution in [2.75, 3.05) is 6.61 Å². The lowest BCUT2D eigenvalue weighted by atomic mass is 9.85. The standard InChI is InChI=1S/C44H80NO12P/c1-3-5-7-9-11-13-14-15-16-17-18-19-20-21-22-24-26-28-30-32-37(47)36(45-38(48)33-35(46)31-29-27-25-23-12-10-8-6-4-2)34-56-58(54,55)57-44-42(52)40(50)39(49)41(51)43(44)53/h10,12,18-19,22,24,30,32,35-37,39-44,46-47,49-53H,3-9,11,13-17,20-21,23,25-29,31,33-34H2,1-2H3,(H,45,48)(H,54,55)/b12-10-,19-18+,24-22+,32-30+. The highest BCUT2D eigenvalue weighted by molar-refractivity contribution is 7.47. The number of aliphatic hydroxyl groups excluding tert-OH is 7. The molecule has 0 aromatic rings. The van der Waals surface area contributed by atoms with Gasteiger partial charge in [0.05, 0.1) is 31.3 Å². The summed E-state index contributed by atoms with van der Waals surface area (Å²) in [6, 6.07) is -1.27. The van der Waals surface area contributed by atoms with Gasteiger partial charge in [-0.05, 0) is 64.2 Å². The molecule has 1 amide bonds. The van der Waals surface area contributed by atoms with E-state index >= 15 is 0 Å². The fourth-order valence-corrected chi connectivity index (χ4v) is 7.63. The van der Waals surface area contributed by atoms with Gasteiger partial charge in [0.15, 0.2) is 0 Å². The van der Waals surface area contributed by atoms with Crippen molar-refractivity contribution in [1.29, 1.82) is 0 Å². The van der Waals surface area contributed by atoms with Gasteiger partial charge in [-0.3, -0.25) is 13.8 Å². The Labute approximate surface area is 349 Å². The average molecular weight is 846 g/mol. The van der Waals surface area contributed by atoms with Crippen molar-refractivity contribution in [3.8, 4) is 0 Å². The Balaban J connectivity index is 2.62. The number of allylic oxidation sites excluding steroid dienone is 7. The molecule has 0 aliphatic heterocycles. The zero-order valence-electron chi connectivity index (χ0n) is 35.4. The molecule has 8 unspecified atom stereocenters. The summed E-state index contributed by atoms with van der Waals surface area (Å²) in [6.07, 6.45) is 25.1. The number of rotatable bonds is 35. The van der Waals surface area contributed by atoms with E-state index in [0.717, 1.165) is 57.8 Å². The Bertz CT molecular complexity index is 1180. The molecule has 1 aliphatic carbocycles. The average Bonchev–Trinajstić information content (AvgIpc) is 3.19. The van der Waals surface area contributed by atoms with Crippen molar-refractivity contribution in [2.24, 2.45) is 0 Å². The van der Waals surface area contributed by atoms with E-state index in [1.54, 1.807) is 6.08 Å². The van der Waals surface area contributed by atoms with E-state index in [-0.39, 0.29) is 6.42 Å². The van der Waals surface area contributed by atoms with Crippen molar-refractivity contribution in [2.45, 2.75) is 216 Å². The fraction of sp³-hybridized carbons (Fsp3) is 0.795. The summed E-state index contributed by atoms with van der Waals surface area (Å²) in [7, 11) is -5.15. The first kappa shape index (κ1) is 54.3. The number of carbonyl (C=O) groups excluding carboxylic acids is 1.